The van der Waals surface area contributed by atoms with Crippen molar-refractivity contribution < 1.29 is 9.18 Å². The zero-order valence-electron chi connectivity index (χ0n) is 17.5. The van der Waals surface area contributed by atoms with E-state index in [4.69, 9.17) is 0 Å². The second kappa shape index (κ2) is 8.49. The van der Waals surface area contributed by atoms with Gasteiger partial charge in [0.25, 0.3) is 0 Å². The molecule has 1 amide bonds. The predicted octanol–water partition coefficient (Wildman–Crippen LogP) is 2.30. The fraction of sp³-hybridized carbons (Fsp3) is 0.455. The quantitative estimate of drug-likeness (QED) is 0.641. The normalized spacial score (nSPS) is 17.4. The number of hydrogen-bond acceptors (Lipinski definition) is 6. The molecule has 2 fully saturated rings. The molecule has 4 heterocycles. The van der Waals surface area contributed by atoms with E-state index < -0.39 is 0 Å². The molecule has 0 saturated carbocycles. The summed E-state index contributed by atoms with van der Waals surface area (Å²) in [6.45, 7) is 4.44. The fourth-order valence-corrected chi connectivity index (χ4v) is 4.49. The number of carbonyl (C=O) groups excluding carboxylic acids is 1. The molecular formula is C22H26FN7O. The number of piperazine rings is 1. The SMILES string of the molecule is O=C(Cn1ncc2c(N3CCCCC3)ncnc21)N1CCN(c2ccccc2F)CC1. The van der Waals surface area contributed by atoms with Gasteiger partial charge in [-0.05, 0) is 31.4 Å². The van der Waals surface area contributed by atoms with Gasteiger partial charge < -0.3 is 14.7 Å². The Bertz CT molecular complexity index is 1070. The van der Waals surface area contributed by atoms with Crippen LogP contribution in [-0.4, -0.2) is 69.8 Å². The summed E-state index contributed by atoms with van der Waals surface area (Å²) < 4.78 is 15.7. The van der Waals surface area contributed by atoms with E-state index >= 15 is 0 Å². The van der Waals surface area contributed by atoms with E-state index in [2.05, 4.69) is 20.0 Å². The number of piperidine rings is 1. The molecule has 2 saturated heterocycles. The molecule has 9 heteroatoms. The van der Waals surface area contributed by atoms with Gasteiger partial charge in [0.05, 0.1) is 17.3 Å². The van der Waals surface area contributed by atoms with Crippen LogP contribution >= 0.6 is 0 Å². The van der Waals surface area contributed by atoms with Crippen molar-refractivity contribution in [3.05, 3.63) is 42.6 Å². The first-order chi connectivity index (χ1) is 15.2. The highest BCUT2D eigenvalue weighted by molar-refractivity contribution is 5.88. The smallest absolute Gasteiger partial charge is 0.244 e. The fourth-order valence-electron chi connectivity index (χ4n) is 4.49. The molecule has 2 aromatic heterocycles. The Morgan fingerprint density at radius 1 is 0.935 bits per heavy atom. The average molecular weight is 423 g/mol. The van der Waals surface area contributed by atoms with E-state index in [0.29, 0.717) is 37.5 Å². The number of halogens is 1. The van der Waals surface area contributed by atoms with E-state index in [1.54, 1.807) is 29.3 Å². The average Bonchev–Trinajstić information content (AvgIpc) is 3.23. The molecule has 0 atom stereocenters. The lowest BCUT2D eigenvalue weighted by atomic mass is 10.1. The number of amides is 1. The molecule has 0 radical (unpaired) electrons. The van der Waals surface area contributed by atoms with Crippen molar-refractivity contribution in [1.82, 2.24) is 24.6 Å². The molecule has 162 valence electrons. The van der Waals surface area contributed by atoms with E-state index in [1.165, 1.54) is 12.5 Å². The largest absolute Gasteiger partial charge is 0.366 e. The molecule has 2 aliphatic rings. The number of anilines is 2. The minimum absolute atomic E-state index is 0.00341. The van der Waals surface area contributed by atoms with Gasteiger partial charge in [-0.1, -0.05) is 12.1 Å². The first kappa shape index (κ1) is 19.7. The third-order valence-electron chi connectivity index (χ3n) is 6.18. The number of carbonyl (C=O) groups is 1. The first-order valence-electron chi connectivity index (χ1n) is 10.9. The number of benzene rings is 1. The third kappa shape index (κ3) is 3.92. The van der Waals surface area contributed by atoms with Crippen molar-refractivity contribution in [3.63, 3.8) is 0 Å². The number of rotatable bonds is 4. The molecule has 2 aliphatic heterocycles. The summed E-state index contributed by atoms with van der Waals surface area (Å²) in [4.78, 5) is 27.9. The summed E-state index contributed by atoms with van der Waals surface area (Å²) in [7, 11) is 0. The third-order valence-corrected chi connectivity index (χ3v) is 6.18. The lowest BCUT2D eigenvalue weighted by molar-refractivity contribution is -0.132. The molecule has 0 unspecified atom stereocenters. The van der Waals surface area contributed by atoms with Crippen molar-refractivity contribution in [3.8, 4) is 0 Å². The van der Waals surface area contributed by atoms with E-state index in [-0.39, 0.29) is 18.3 Å². The van der Waals surface area contributed by atoms with Crippen LogP contribution < -0.4 is 9.80 Å². The van der Waals surface area contributed by atoms with E-state index in [1.807, 2.05) is 15.9 Å². The zero-order chi connectivity index (χ0) is 21.2. The van der Waals surface area contributed by atoms with Crippen molar-refractivity contribution in [2.24, 2.45) is 0 Å². The van der Waals surface area contributed by atoms with Gasteiger partial charge in [-0.3, -0.25) is 4.79 Å². The summed E-state index contributed by atoms with van der Waals surface area (Å²) in [6.07, 6.45) is 6.90. The van der Waals surface area contributed by atoms with Crippen LogP contribution in [0.1, 0.15) is 19.3 Å². The summed E-state index contributed by atoms with van der Waals surface area (Å²) in [6, 6.07) is 6.77. The van der Waals surface area contributed by atoms with Gasteiger partial charge >= 0.3 is 0 Å². The Kier molecular flexibility index (Phi) is 5.40. The van der Waals surface area contributed by atoms with Gasteiger partial charge in [0.1, 0.15) is 24.5 Å². The Hall–Kier alpha value is -3.23. The van der Waals surface area contributed by atoms with Crippen LogP contribution in [0.2, 0.25) is 0 Å². The lowest BCUT2D eigenvalue weighted by Gasteiger charge is -2.36. The van der Waals surface area contributed by atoms with Crippen LogP contribution in [0.25, 0.3) is 11.0 Å². The zero-order valence-corrected chi connectivity index (χ0v) is 17.5. The Balaban J connectivity index is 1.26. The summed E-state index contributed by atoms with van der Waals surface area (Å²) in [5.41, 5.74) is 1.28. The summed E-state index contributed by atoms with van der Waals surface area (Å²) in [5.74, 6) is 0.674. The van der Waals surface area contributed by atoms with Crippen LogP contribution in [0.3, 0.4) is 0 Å². The molecule has 0 N–H and O–H groups in total. The van der Waals surface area contributed by atoms with Crippen molar-refractivity contribution in [1.29, 1.82) is 0 Å². The van der Waals surface area contributed by atoms with Gasteiger partial charge in [0.2, 0.25) is 5.91 Å². The minimum Gasteiger partial charge on any atom is -0.366 e. The molecule has 8 nitrogen and oxygen atoms in total. The molecule has 31 heavy (non-hydrogen) atoms. The maximum atomic E-state index is 14.0. The Morgan fingerprint density at radius 3 is 2.48 bits per heavy atom. The van der Waals surface area contributed by atoms with Crippen LogP contribution in [0.15, 0.2) is 36.8 Å². The molecule has 0 aliphatic carbocycles. The van der Waals surface area contributed by atoms with Crippen LogP contribution in [0.4, 0.5) is 15.9 Å². The molecule has 0 bridgehead atoms. The Morgan fingerprint density at radius 2 is 1.71 bits per heavy atom. The van der Waals surface area contributed by atoms with Crippen molar-refractivity contribution in [2.45, 2.75) is 25.8 Å². The number of nitrogens with zero attached hydrogens (tertiary/aromatic N) is 7. The highest BCUT2D eigenvalue weighted by Gasteiger charge is 2.24. The number of hydrogen-bond donors (Lipinski definition) is 0. The van der Waals surface area contributed by atoms with Crippen LogP contribution in [0.5, 0.6) is 0 Å². The maximum absolute atomic E-state index is 14.0. The standard InChI is InChI=1S/C22H26FN7O/c23-18-6-2-3-7-19(18)27-10-12-28(13-11-27)20(31)15-30-22-17(14-26-30)21(24-16-25-22)29-8-4-1-5-9-29/h2-3,6-7,14,16H,1,4-5,8-13,15H2. The number of fused-ring (bicyclic) bond motifs is 1. The first-order valence-corrected chi connectivity index (χ1v) is 10.9. The maximum Gasteiger partial charge on any atom is 0.244 e. The minimum atomic E-state index is -0.227. The summed E-state index contributed by atoms with van der Waals surface area (Å²) >= 11 is 0. The molecule has 3 aromatic rings. The predicted molar refractivity (Wildman–Crippen MR) is 117 cm³/mol. The highest BCUT2D eigenvalue weighted by Crippen LogP contribution is 2.25. The van der Waals surface area contributed by atoms with Gasteiger partial charge in [-0.2, -0.15) is 5.10 Å². The van der Waals surface area contributed by atoms with Gasteiger partial charge in [-0.15, -0.1) is 0 Å². The Labute approximate surface area is 180 Å². The van der Waals surface area contributed by atoms with Crippen molar-refractivity contribution in [2.75, 3.05) is 49.1 Å². The molecule has 5 rings (SSSR count). The van der Waals surface area contributed by atoms with E-state index in [0.717, 1.165) is 37.1 Å². The van der Waals surface area contributed by atoms with Crippen LogP contribution in [-0.2, 0) is 11.3 Å². The van der Waals surface area contributed by atoms with Gasteiger partial charge in [0.15, 0.2) is 5.65 Å². The van der Waals surface area contributed by atoms with E-state index in [9.17, 15) is 9.18 Å². The van der Waals surface area contributed by atoms with Gasteiger partial charge in [-0.25, -0.2) is 19.0 Å². The van der Waals surface area contributed by atoms with Crippen molar-refractivity contribution >= 4 is 28.4 Å². The molecular weight excluding hydrogens is 397 g/mol. The second-order valence-electron chi connectivity index (χ2n) is 8.10. The number of aromatic nitrogens is 4. The summed E-state index contributed by atoms with van der Waals surface area (Å²) in [5, 5.41) is 5.33. The van der Waals surface area contributed by atoms with Gasteiger partial charge in [0, 0.05) is 39.3 Å². The second-order valence-corrected chi connectivity index (χ2v) is 8.10. The highest BCUT2D eigenvalue weighted by atomic mass is 19.1. The molecule has 1 aromatic carbocycles. The molecule has 0 spiro atoms. The number of para-hydroxylation sites is 1. The lowest BCUT2D eigenvalue weighted by Crippen LogP contribution is -2.49. The van der Waals surface area contributed by atoms with Crippen LogP contribution in [0, 0.1) is 5.82 Å². The topological polar surface area (TPSA) is 70.4 Å². The monoisotopic (exact) mass is 423 g/mol.